The number of pyridine rings is 1. The smallest absolute Gasteiger partial charge is 0.253 e. The van der Waals surface area contributed by atoms with E-state index in [0.29, 0.717) is 11.6 Å². The molecule has 1 aliphatic rings. The molecule has 1 heterocycles. The quantitative estimate of drug-likeness (QED) is 0.856. The lowest BCUT2D eigenvalue weighted by Gasteiger charge is -2.22. The molecule has 0 saturated heterocycles. The number of nitrogens with one attached hydrogen (secondary N) is 2. The van der Waals surface area contributed by atoms with Crippen molar-refractivity contribution in [2.75, 3.05) is 11.9 Å². The highest BCUT2D eigenvalue weighted by atomic mass is 16.1. The zero-order chi connectivity index (χ0) is 13.5. The molecular formula is C15H23N3O. The van der Waals surface area contributed by atoms with Gasteiger partial charge in [-0.3, -0.25) is 4.79 Å². The summed E-state index contributed by atoms with van der Waals surface area (Å²) in [5.74, 6) is 0.831. The second kappa shape index (κ2) is 7.12. The molecule has 0 aromatic carbocycles. The Morgan fingerprint density at radius 3 is 2.74 bits per heavy atom. The fourth-order valence-electron chi connectivity index (χ4n) is 2.40. The highest BCUT2D eigenvalue weighted by Gasteiger charge is 2.16. The summed E-state index contributed by atoms with van der Waals surface area (Å²) in [6, 6.07) is 4.05. The van der Waals surface area contributed by atoms with Crippen molar-refractivity contribution >= 4 is 11.7 Å². The van der Waals surface area contributed by atoms with Crippen molar-refractivity contribution in [2.24, 2.45) is 0 Å². The van der Waals surface area contributed by atoms with Gasteiger partial charge in [-0.15, -0.1) is 0 Å². The average Bonchev–Trinajstić information content (AvgIpc) is 2.46. The van der Waals surface area contributed by atoms with Gasteiger partial charge in [-0.25, -0.2) is 4.98 Å². The fraction of sp³-hybridized carbons (Fsp3) is 0.600. The van der Waals surface area contributed by atoms with Gasteiger partial charge >= 0.3 is 0 Å². The number of carbonyl (C=O) groups excluding carboxylic acids is 1. The Morgan fingerprint density at radius 2 is 2.11 bits per heavy atom. The van der Waals surface area contributed by atoms with Gasteiger partial charge in [0.05, 0.1) is 5.56 Å². The topological polar surface area (TPSA) is 54.0 Å². The van der Waals surface area contributed by atoms with E-state index >= 15 is 0 Å². The van der Waals surface area contributed by atoms with E-state index in [0.717, 1.165) is 31.6 Å². The number of hydrogen-bond donors (Lipinski definition) is 2. The fourth-order valence-corrected chi connectivity index (χ4v) is 2.40. The molecule has 0 atom stereocenters. The van der Waals surface area contributed by atoms with E-state index in [1.54, 1.807) is 6.20 Å². The molecule has 0 bridgehead atoms. The second-order valence-corrected chi connectivity index (χ2v) is 5.17. The van der Waals surface area contributed by atoms with Gasteiger partial charge < -0.3 is 10.6 Å². The molecule has 19 heavy (non-hydrogen) atoms. The zero-order valence-corrected chi connectivity index (χ0v) is 11.6. The van der Waals surface area contributed by atoms with Crippen molar-refractivity contribution in [1.29, 1.82) is 0 Å². The summed E-state index contributed by atoms with van der Waals surface area (Å²) in [5, 5.41) is 6.30. The molecule has 1 amide bonds. The van der Waals surface area contributed by atoms with Crippen molar-refractivity contribution in [3.05, 3.63) is 23.9 Å². The summed E-state index contributed by atoms with van der Waals surface area (Å²) >= 11 is 0. The SMILES string of the molecule is CCCNc1ccc(C(=O)NC2CCCCC2)cn1. The van der Waals surface area contributed by atoms with E-state index in [9.17, 15) is 4.79 Å². The zero-order valence-electron chi connectivity index (χ0n) is 11.6. The van der Waals surface area contributed by atoms with Gasteiger partial charge in [0.15, 0.2) is 0 Å². The van der Waals surface area contributed by atoms with Crippen LogP contribution in [0.4, 0.5) is 5.82 Å². The third-order valence-electron chi connectivity index (χ3n) is 3.52. The molecule has 0 unspecified atom stereocenters. The molecule has 4 nitrogen and oxygen atoms in total. The van der Waals surface area contributed by atoms with Crippen LogP contribution < -0.4 is 10.6 Å². The van der Waals surface area contributed by atoms with Crippen molar-refractivity contribution in [3.8, 4) is 0 Å². The third kappa shape index (κ3) is 4.23. The normalized spacial score (nSPS) is 16.1. The molecular weight excluding hydrogens is 238 g/mol. The maximum absolute atomic E-state index is 12.1. The van der Waals surface area contributed by atoms with Crippen molar-refractivity contribution < 1.29 is 4.79 Å². The van der Waals surface area contributed by atoms with Crippen LogP contribution in [0.15, 0.2) is 18.3 Å². The molecule has 1 fully saturated rings. The molecule has 1 aliphatic carbocycles. The number of rotatable bonds is 5. The minimum absolute atomic E-state index is 0.00133. The Hall–Kier alpha value is -1.58. The Balaban J connectivity index is 1.87. The van der Waals surface area contributed by atoms with Crippen LogP contribution in [0, 0.1) is 0 Å². The van der Waals surface area contributed by atoms with Crippen LogP contribution >= 0.6 is 0 Å². The van der Waals surface area contributed by atoms with E-state index in [1.807, 2.05) is 12.1 Å². The molecule has 104 valence electrons. The largest absolute Gasteiger partial charge is 0.370 e. The summed E-state index contributed by atoms with van der Waals surface area (Å²) < 4.78 is 0. The summed E-state index contributed by atoms with van der Waals surface area (Å²) in [7, 11) is 0. The number of anilines is 1. The molecule has 1 aromatic rings. The summed E-state index contributed by atoms with van der Waals surface area (Å²) in [6.07, 6.45) is 8.67. The Morgan fingerprint density at radius 1 is 1.32 bits per heavy atom. The molecule has 1 saturated carbocycles. The monoisotopic (exact) mass is 261 g/mol. The van der Waals surface area contributed by atoms with E-state index in [-0.39, 0.29) is 5.91 Å². The van der Waals surface area contributed by atoms with Crippen molar-refractivity contribution in [1.82, 2.24) is 10.3 Å². The second-order valence-electron chi connectivity index (χ2n) is 5.17. The maximum atomic E-state index is 12.1. The maximum Gasteiger partial charge on any atom is 0.253 e. The Kier molecular flexibility index (Phi) is 5.19. The molecule has 0 aliphatic heterocycles. The van der Waals surface area contributed by atoms with Crippen LogP contribution in [0.3, 0.4) is 0 Å². The minimum atomic E-state index is 0.00133. The van der Waals surface area contributed by atoms with Gasteiger partial charge in [0.1, 0.15) is 5.82 Å². The number of carbonyl (C=O) groups is 1. The minimum Gasteiger partial charge on any atom is -0.370 e. The van der Waals surface area contributed by atoms with Gasteiger partial charge in [-0.2, -0.15) is 0 Å². The third-order valence-corrected chi connectivity index (χ3v) is 3.52. The molecule has 1 aromatic heterocycles. The lowest BCUT2D eigenvalue weighted by atomic mass is 9.95. The highest BCUT2D eigenvalue weighted by molar-refractivity contribution is 5.94. The first kappa shape index (κ1) is 13.8. The van der Waals surface area contributed by atoms with Gasteiger partial charge in [0, 0.05) is 18.8 Å². The van der Waals surface area contributed by atoms with Gasteiger partial charge in [-0.1, -0.05) is 26.2 Å². The average molecular weight is 261 g/mol. The number of hydrogen-bond acceptors (Lipinski definition) is 3. The van der Waals surface area contributed by atoms with Crippen molar-refractivity contribution in [3.63, 3.8) is 0 Å². The molecule has 4 heteroatoms. The van der Waals surface area contributed by atoms with Crippen LogP contribution in [0.25, 0.3) is 0 Å². The molecule has 2 rings (SSSR count). The van der Waals surface area contributed by atoms with Gasteiger partial charge in [-0.05, 0) is 31.4 Å². The van der Waals surface area contributed by atoms with Crippen LogP contribution in [0.5, 0.6) is 0 Å². The van der Waals surface area contributed by atoms with Crippen LogP contribution in [-0.4, -0.2) is 23.5 Å². The van der Waals surface area contributed by atoms with Crippen molar-refractivity contribution in [2.45, 2.75) is 51.5 Å². The highest BCUT2D eigenvalue weighted by Crippen LogP contribution is 2.17. The number of nitrogens with zero attached hydrogens (tertiary/aromatic N) is 1. The summed E-state index contributed by atoms with van der Waals surface area (Å²) in [5.41, 5.74) is 0.646. The Labute approximate surface area is 115 Å². The van der Waals surface area contributed by atoms with E-state index < -0.39 is 0 Å². The Bertz CT molecular complexity index is 396. The lowest BCUT2D eigenvalue weighted by molar-refractivity contribution is 0.0927. The first-order valence-electron chi connectivity index (χ1n) is 7.30. The number of aromatic nitrogens is 1. The molecule has 0 radical (unpaired) electrons. The van der Waals surface area contributed by atoms with Crippen LogP contribution in [0.2, 0.25) is 0 Å². The van der Waals surface area contributed by atoms with E-state index in [2.05, 4.69) is 22.5 Å². The molecule has 0 spiro atoms. The summed E-state index contributed by atoms with van der Waals surface area (Å²) in [6.45, 7) is 3.01. The number of amides is 1. The van der Waals surface area contributed by atoms with E-state index in [4.69, 9.17) is 0 Å². The van der Waals surface area contributed by atoms with E-state index in [1.165, 1.54) is 19.3 Å². The predicted molar refractivity (Wildman–Crippen MR) is 77.4 cm³/mol. The summed E-state index contributed by atoms with van der Waals surface area (Å²) in [4.78, 5) is 16.3. The predicted octanol–water partition coefficient (Wildman–Crippen LogP) is 2.97. The van der Waals surface area contributed by atoms with Gasteiger partial charge in [0.25, 0.3) is 5.91 Å². The first-order valence-corrected chi connectivity index (χ1v) is 7.30. The molecule has 2 N–H and O–H groups in total. The lowest BCUT2D eigenvalue weighted by Crippen LogP contribution is -2.36. The van der Waals surface area contributed by atoms with Gasteiger partial charge in [0.2, 0.25) is 0 Å². The van der Waals surface area contributed by atoms with Crippen LogP contribution in [0.1, 0.15) is 55.8 Å². The van der Waals surface area contributed by atoms with Crippen LogP contribution in [-0.2, 0) is 0 Å². The standard InChI is InChI=1S/C15H23N3O/c1-2-10-16-14-9-8-12(11-17-14)15(19)18-13-6-4-3-5-7-13/h8-9,11,13H,2-7,10H2,1H3,(H,16,17)(H,18,19). The first-order chi connectivity index (χ1) is 9.29.